The second-order valence-electron chi connectivity index (χ2n) is 3.70. The molecule has 1 radical (unpaired) electrons. The highest BCUT2D eigenvalue weighted by molar-refractivity contribution is 5.72. The van der Waals surface area contributed by atoms with E-state index in [1.807, 2.05) is 36.4 Å². The van der Waals surface area contributed by atoms with Gasteiger partial charge in [-0.15, -0.1) is 0 Å². The third kappa shape index (κ3) is 2.40. The van der Waals surface area contributed by atoms with E-state index in [2.05, 4.69) is 6.07 Å². The standard InChI is InChI=1S/C15H15O3/c1-16-12-6-4-5-11(9-12)14-10-13(17-2)7-8-15(14)18-3/h4-8,10H,1-3H3. The van der Waals surface area contributed by atoms with Gasteiger partial charge in [0.15, 0.2) is 0 Å². The predicted octanol–water partition coefficient (Wildman–Crippen LogP) is 3.18. The molecule has 0 aliphatic heterocycles. The van der Waals surface area contributed by atoms with Crippen molar-refractivity contribution in [3.63, 3.8) is 0 Å². The van der Waals surface area contributed by atoms with Gasteiger partial charge in [0.25, 0.3) is 0 Å². The average molecular weight is 243 g/mol. The minimum absolute atomic E-state index is 0.692. The zero-order valence-electron chi connectivity index (χ0n) is 10.7. The van der Waals surface area contributed by atoms with Crippen LogP contribution in [-0.2, 0) is 0 Å². The lowest BCUT2D eigenvalue weighted by molar-refractivity contribution is 0.404. The molecule has 3 heteroatoms. The van der Waals surface area contributed by atoms with Crippen molar-refractivity contribution in [3.05, 3.63) is 42.5 Å². The predicted molar refractivity (Wildman–Crippen MR) is 70.4 cm³/mol. The van der Waals surface area contributed by atoms with Crippen molar-refractivity contribution in [3.8, 4) is 28.4 Å². The van der Waals surface area contributed by atoms with E-state index < -0.39 is 0 Å². The van der Waals surface area contributed by atoms with Crippen molar-refractivity contribution >= 4 is 0 Å². The highest BCUT2D eigenvalue weighted by atomic mass is 16.5. The molecular formula is C15H15O3. The van der Waals surface area contributed by atoms with Gasteiger partial charge in [-0.3, -0.25) is 0 Å². The van der Waals surface area contributed by atoms with E-state index >= 15 is 0 Å². The first-order valence-corrected chi connectivity index (χ1v) is 5.57. The molecule has 2 aromatic rings. The van der Waals surface area contributed by atoms with Crippen molar-refractivity contribution in [1.29, 1.82) is 0 Å². The first kappa shape index (κ1) is 12.3. The summed E-state index contributed by atoms with van der Waals surface area (Å²) in [5.74, 6) is 2.25. The van der Waals surface area contributed by atoms with Gasteiger partial charge >= 0.3 is 0 Å². The van der Waals surface area contributed by atoms with Crippen molar-refractivity contribution in [2.24, 2.45) is 0 Å². The monoisotopic (exact) mass is 243 g/mol. The molecule has 0 bridgehead atoms. The second kappa shape index (κ2) is 5.45. The molecule has 0 aliphatic rings. The van der Waals surface area contributed by atoms with Crippen LogP contribution in [0.1, 0.15) is 0 Å². The third-order valence-electron chi connectivity index (χ3n) is 2.69. The molecular weight excluding hydrogens is 228 g/mol. The molecule has 18 heavy (non-hydrogen) atoms. The summed E-state index contributed by atoms with van der Waals surface area (Å²) < 4.78 is 15.8. The first-order chi connectivity index (χ1) is 8.78. The van der Waals surface area contributed by atoms with Crippen LogP contribution in [0.4, 0.5) is 0 Å². The Kier molecular flexibility index (Phi) is 3.72. The zero-order chi connectivity index (χ0) is 13.0. The summed E-state index contributed by atoms with van der Waals surface area (Å²) in [5, 5.41) is 0. The summed E-state index contributed by atoms with van der Waals surface area (Å²) >= 11 is 0. The largest absolute Gasteiger partial charge is 0.497 e. The van der Waals surface area contributed by atoms with Crippen LogP contribution in [0.3, 0.4) is 0 Å². The van der Waals surface area contributed by atoms with Crippen LogP contribution in [0.2, 0.25) is 0 Å². The molecule has 0 saturated heterocycles. The Morgan fingerprint density at radius 1 is 0.889 bits per heavy atom. The maximum absolute atomic E-state index is 5.36. The summed E-state index contributed by atoms with van der Waals surface area (Å²) in [7, 11) is 4.91. The Hall–Kier alpha value is -2.16. The van der Waals surface area contributed by atoms with Crippen LogP contribution >= 0.6 is 0 Å². The second-order valence-corrected chi connectivity index (χ2v) is 3.70. The molecule has 2 rings (SSSR count). The normalized spacial score (nSPS) is 9.94. The van der Waals surface area contributed by atoms with E-state index in [-0.39, 0.29) is 0 Å². The fraction of sp³-hybridized carbons (Fsp3) is 0.200. The summed E-state index contributed by atoms with van der Waals surface area (Å²) in [5.41, 5.74) is 1.83. The summed E-state index contributed by atoms with van der Waals surface area (Å²) in [6.45, 7) is 0. The summed E-state index contributed by atoms with van der Waals surface area (Å²) in [4.78, 5) is 0. The maximum atomic E-state index is 5.36. The number of hydrogen-bond donors (Lipinski definition) is 0. The van der Waals surface area contributed by atoms with E-state index in [4.69, 9.17) is 14.2 Å². The Morgan fingerprint density at radius 2 is 1.72 bits per heavy atom. The lowest BCUT2D eigenvalue weighted by Crippen LogP contribution is -1.91. The van der Waals surface area contributed by atoms with Crippen molar-refractivity contribution in [2.75, 3.05) is 21.3 Å². The van der Waals surface area contributed by atoms with Gasteiger partial charge in [-0.05, 0) is 29.8 Å². The van der Waals surface area contributed by atoms with Crippen LogP contribution in [0.5, 0.6) is 17.2 Å². The lowest BCUT2D eigenvalue weighted by Gasteiger charge is -2.11. The van der Waals surface area contributed by atoms with Crippen molar-refractivity contribution in [2.45, 2.75) is 0 Å². The van der Waals surface area contributed by atoms with E-state index in [9.17, 15) is 0 Å². The molecule has 2 aromatic carbocycles. The fourth-order valence-electron chi connectivity index (χ4n) is 1.75. The molecule has 0 saturated carbocycles. The number of ether oxygens (including phenoxy) is 3. The molecule has 3 nitrogen and oxygen atoms in total. The van der Waals surface area contributed by atoms with Gasteiger partial charge in [-0.2, -0.15) is 0 Å². The van der Waals surface area contributed by atoms with Gasteiger partial charge in [-0.25, -0.2) is 0 Å². The van der Waals surface area contributed by atoms with Gasteiger partial charge in [-0.1, -0.05) is 12.1 Å². The summed E-state index contributed by atoms with van der Waals surface area (Å²) in [6.07, 6.45) is 0. The number of hydrogen-bond acceptors (Lipinski definition) is 3. The zero-order valence-corrected chi connectivity index (χ0v) is 10.7. The van der Waals surface area contributed by atoms with E-state index in [1.165, 1.54) is 0 Å². The third-order valence-corrected chi connectivity index (χ3v) is 2.69. The topological polar surface area (TPSA) is 27.7 Å². The fourth-order valence-corrected chi connectivity index (χ4v) is 1.75. The smallest absolute Gasteiger partial charge is 0.127 e. The van der Waals surface area contributed by atoms with Gasteiger partial charge in [0, 0.05) is 11.6 Å². The molecule has 0 amide bonds. The van der Waals surface area contributed by atoms with E-state index in [0.717, 1.165) is 22.6 Å². The van der Waals surface area contributed by atoms with Crippen LogP contribution in [0.25, 0.3) is 11.1 Å². The molecule has 0 N–H and O–H groups in total. The number of rotatable bonds is 4. The van der Waals surface area contributed by atoms with Gasteiger partial charge < -0.3 is 14.2 Å². The molecule has 0 heterocycles. The van der Waals surface area contributed by atoms with Crippen LogP contribution in [-0.4, -0.2) is 21.3 Å². The lowest BCUT2D eigenvalue weighted by atomic mass is 10.0. The number of methoxy groups -OCH3 is 3. The molecule has 0 atom stereocenters. The quantitative estimate of drug-likeness (QED) is 0.825. The molecule has 0 unspecified atom stereocenters. The van der Waals surface area contributed by atoms with E-state index in [1.54, 1.807) is 21.3 Å². The summed E-state index contributed by atoms with van der Waals surface area (Å²) in [6, 6.07) is 14.6. The minimum atomic E-state index is 0.692. The van der Waals surface area contributed by atoms with E-state index in [0.29, 0.717) is 5.75 Å². The van der Waals surface area contributed by atoms with Gasteiger partial charge in [0.1, 0.15) is 17.2 Å². The highest BCUT2D eigenvalue weighted by Gasteiger charge is 2.08. The maximum Gasteiger partial charge on any atom is 0.127 e. The molecule has 0 aromatic heterocycles. The average Bonchev–Trinajstić information content (AvgIpc) is 2.46. The Labute approximate surface area is 107 Å². The molecule has 0 aliphatic carbocycles. The van der Waals surface area contributed by atoms with Crippen LogP contribution in [0.15, 0.2) is 36.4 Å². The van der Waals surface area contributed by atoms with Crippen molar-refractivity contribution < 1.29 is 14.2 Å². The SMILES string of the molecule is COc1[c]c(-c2cc(OC)ccc2OC)ccc1. The first-order valence-electron chi connectivity index (χ1n) is 5.57. The molecule has 0 spiro atoms. The van der Waals surface area contributed by atoms with Crippen LogP contribution in [0, 0.1) is 6.07 Å². The highest BCUT2D eigenvalue weighted by Crippen LogP contribution is 2.34. The van der Waals surface area contributed by atoms with Crippen molar-refractivity contribution in [1.82, 2.24) is 0 Å². The Morgan fingerprint density at radius 3 is 2.39 bits per heavy atom. The van der Waals surface area contributed by atoms with Gasteiger partial charge in [0.05, 0.1) is 21.3 Å². The number of benzene rings is 2. The molecule has 0 fully saturated rings. The van der Waals surface area contributed by atoms with Gasteiger partial charge in [0.2, 0.25) is 0 Å². The minimum Gasteiger partial charge on any atom is -0.497 e. The Bertz CT molecular complexity index is 535. The van der Waals surface area contributed by atoms with Crippen LogP contribution < -0.4 is 14.2 Å². The molecule has 93 valence electrons. The Balaban J connectivity index is 2.53.